The molecule has 0 unspecified atom stereocenters. The van der Waals surface area contributed by atoms with Crippen LogP contribution >= 0.6 is 24.0 Å². The molecule has 0 aliphatic carbocycles. The standard InChI is InChI=1S/C27H31N5O3S2/c1-5-30-12-14-31(15-13-30)24-21(18(2)22(17-28)25(33)29(24)3)16-23-26(34)32(27(36)37-23)11-10-19-6-8-20(35-4)9-7-19/h6-9,16H,5,10-15H2,1-4H3/b23-16-. The van der Waals surface area contributed by atoms with Crippen LogP contribution in [0.5, 0.6) is 5.75 Å². The second-order valence-corrected chi connectivity index (χ2v) is 10.7. The monoisotopic (exact) mass is 537 g/mol. The molecule has 8 nitrogen and oxygen atoms in total. The van der Waals surface area contributed by atoms with E-state index in [9.17, 15) is 14.9 Å². The molecule has 4 rings (SSSR count). The number of methoxy groups -OCH3 is 1. The maximum Gasteiger partial charge on any atom is 0.270 e. The summed E-state index contributed by atoms with van der Waals surface area (Å²) in [6, 6.07) is 9.82. The van der Waals surface area contributed by atoms with Crippen molar-refractivity contribution in [3.8, 4) is 11.8 Å². The molecular weight excluding hydrogens is 506 g/mol. The Bertz CT molecular complexity index is 1340. The molecule has 2 aromatic rings. The summed E-state index contributed by atoms with van der Waals surface area (Å²) in [7, 11) is 3.32. The number of benzene rings is 1. The fourth-order valence-electron chi connectivity index (χ4n) is 4.73. The molecule has 0 N–H and O–H groups in total. The first-order chi connectivity index (χ1) is 17.8. The smallest absolute Gasteiger partial charge is 0.270 e. The summed E-state index contributed by atoms with van der Waals surface area (Å²) in [5.41, 5.74) is 2.16. The molecule has 194 valence electrons. The molecule has 1 aromatic carbocycles. The number of hydrogen-bond acceptors (Lipinski definition) is 8. The van der Waals surface area contributed by atoms with Crippen LogP contribution in [0, 0.1) is 18.3 Å². The Hall–Kier alpha value is -3.13. The minimum atomic E-state index is -0.322. The fraction of sp³-hybridized carbons (Fsp3) is 0.407. The van der Waals surface area contributed by atoms with Crippen molar-refractivity contribution in [2.24, 2.45) is 7.05 Å². The van der Waals surface area contributed by atoms with E-state index in [1.54, 1.807) is 30.5 Å². The van der Waals surface area contributed by atoms with E-state index in [2.05, 4.69) is 22.8 Å². The van der Waals surface area contributed by atoms with Gasteiger partial charge in [0.25, 0.3) is 11.5 Å². The number of piperazine rings is 1. The summed E-state index contributed by atoms with van der Waals surface area (Å²) >= 11 is 6.82. The molecule has 37 heavy (non-hydrogen) atoms. The normalized spacial score (nSPS) is 17.5. The zero-order valence-electron chi connectivity index (χ0n) is 21.6. The molecule has 2 saturated heterocycles. The number of thiocarbonyl (C=S) groups is 1. The average molecular weight is 538 g/mol. The van der Waals surface area contributed by atoms with Gasteiger partial charge in [0.05, 0.1) is 12.0 Å². The Labute approximate surface area is 227 Å². The van der Waals surface area contributed by atoms with Crippen LogP contribution in [-0.4, -0.2) is 71.0 Å². The number of hydrogen-bond donors (Lipinski definition) is 0. The number of carbonyl (C=O) groups is 1. The van der Waals surface area contributed by atoms with Gasteiger partial charge in [0.1, 0.15) is 27.5 Å². The molecule has 0 bridgehead atoms. The summed E-state index contributed by atoms with van der Waals surface area (Å²) in [6.45, 7) is 8.65. The predicted molar refractivity (Wildman–Crippen MR) is 152 cm³/mol. The fourth-order valence-corrected chi connectivity index (χ4v) is 6.02. The number of rotatable bonds is 7. The highest BCUT2D eigenvalue weighted by Crippen LogP contribution is 2.36. The maximum absolute atomic E-state index is 13.4. The highest BCUT2D eigenvalue weighted by Gasteiger charge is 2.33. The maximum atomic E-state index is 13.4. The molecule has 3 heterocycles. The van der Waals surface area contributed by atoms with Gasteiger partial charge in [-0.1, -0.05) is 43.0 Å². The number of carbonyl (C=O) groups excluding carboxylic acids is 1. The van der Waals surface area contributed by atoms with E-state index in [-0.39, 0.29) is 17.0 Å². The first kappa shape index (κ1) is 26.9. The third kappa shape index (κ3) is 5.44. The van der Waals surface area contributed by atoms with Gasteiger partial charge in [-0.3, -0.25) is 19.1 Å². The minimum Gasteiger partial charge on any atom is -0.497 e. The third-order valence-corrected chi connectivity index (χ3v) is 8.40. The Morgan fingerprint density at radius 2 is 1.84 bits per heavy atom. The van der Waals surface area contributed by atoms with Crippen molar-refractivity contribution in [2.45, 2.75) is 20.3 Å². The molecule has 2 fully saturated rings. The topological polar surface area (TPSA) is 81.8 Å². The van der Waals surface area contributed by atoms with Crippen LogP contribution in [0.3, 0.4) is 0 Å². The highest BCUT2D eigenvalue weighted by atomic mass is 32.2. The van der Waals surface area contributed by atoms with Crippen molar-refractivity contribution >= 4 is 46.1 Å². The van der Waals surface area contributed by atoms with Crippen molar-refractivity contribution in [2.75, 3.05) is 51.3 Å². The number of anilines is 1. The average Bonchev–Trinajstić information content (AvgIpc) is 3.18. The van der Waals surface area contributed by atoms with E-state index in [0.29, 0.717) is 27.8 Å². The van der Waals surface area contributed by atoms with Gasteiger partial charge in [0.2, 0.25) is 0 Å². The van der Waals surface area contributed by atoms with Gasteiger partial charge in [0.15, 0.2) is 0 Å². The second-order valence-electron chi connectivity index (χ2n) is 9.07. The minimum absolute atomic E-state index is 0.0969. The van der Waals surface area contributed by atoms with Gasteiger partial charge in [-0.2, -0.15) is 5.26 Å². The molecule has 10 heteroatoms. The number of likely N-dealkylation sites (N-methyl/N-ethyl adjacent to an activating group) is 1. The number of nitriles is 1. The van der Waals surface area contributed by atoms with E-state index in [0.717, 1.165) is 55.4 Å². The van der Waals surface area contributed by atoms with E-state index in [4.69, 9.17) is 17.0 Å². The number of pyridine rings is 1. The van der Waals surface area contributed by atoms with Crippen molar-refractivity contribution in [1.82, 2.24) is 14.4 Å². The predicted octanol–water partition coefficient (Wildman–Crippen LogP) is 3.16. The van der Waals surface area contributed by atoms with E-state index >= 15 is 0 Å². The van der Waals surface area contributed by atoms with Gasteiger partial charge < -0.3 is 14.5 Å². The highest BCUT2D eigenvalue weighted by molar-refractivity contribution is 8.26. The van der Waals surface area contributed by atoms with Crippen LogP contribution in [0.25, 0.3) is 6.08 Å². The van der Waals surface area contributed by atoms with Gasteiger partial charge in [-0.15, -0.1) is 0 Å². The van der Waals surface area contributed by atoms with Crippen LogP contribution in [0.4, 0.5) is 5.82 Å². The quantitative estimate of drug-likeness (QED) is 0.394. The van der Waals surface area contributed by atoms with E-state index in [1.807, 2.05) is 30.3 Å². The molecule has 1 aromatic heterocycles. The lowest BCUT2D eigenvalue weighted by molar-refractivity contribution is -0.122. The van der Waals surface area contributed by atoms with Crippen LogP contribution < -0.4 is 15.2 Å². The Morgan fingerprint density at radius 3 is 2.43 bits per heavy atom. The SMILES string of the molecule is CCN1CCN(c2c(/C=C3\SC(=S)N(CCc4ccc(OC)cc4)C3=O)c(C)c(C#N)c(=O)n2C)CC1. The lowest BCUT2D eigenvalue weighted by Crippen LogP contribution is -2.48. The number of thioether (sulfide) groups is 1. The summed E-state index contributed by atoms with van der Waals surface area (Å²) < 4.78 is 7.27. The molecular formula is C27H31N5O3S2. The van der Waals surface area contributed by atoms with E-state index < -0.39 is 0 Å². The third-order valence-electron chi connectivity index (χ3n) is 7.02. The lowest BCUT2D eigenvalue weighted by Gasteiger charge is -2.37. The van der Waals surface area contributed by atoms with E-state index in [1.165, 1.54) is 11.8 Å². The van der Waals surface area contributed by atoms with Crippen LogP contribution in [0.1, 0.15) is 29.2 Å². The zero-order valence-corrected chi connectivity index (χ0v) is 23.2. The van der Waals surface area contributed by atoms with Crippen LogP contribution in [-0.2, 0) is 18.3 Å². The van der Waals surface area contributed by atoms with Crippen molar-refractivity contribution in [3.05, 3.63) is 61.8 Å². The number of ether oxygens (including phenoxy) is 1. The van der Waals surface area contributed by atoms with Crippen LogP contribution in [0.15, 0.2) is 34.0 Å². The molecule has 0 atom stereocenters. The summed E-state index contributed by atoms with van der Waals surface area (Å²) in [5, 5.41) is 9.71. The van der Waals surface area contributed by atoms with Gasteiger partial charge in [-0.05, 0) is 49.2 Å². The molecule has 2 aliphatic rings. The summed E-state index contributed by atoms with van der Waals surface area (Å²) in [4.78, 5) is 33.1. The van der Waals surface area contributed by atoms with Crippen molar-refractivity contribution in [1.29, 1.82) is 5.26 Å². The molecule has 1 amide bonds. The Kier molecular flexibility index (Phi) is 8.37. The Balaban J connectivity index is 1.65. The first-order valence-electron chi connectivity index (χ1n) is 12.3. The van der Waals surface area contributed by atoms with Gasteiger partial charge in [0, 0.05) is 45.3 Å². The molecule has 0 saturated carbocycles. The largest absolute Gasteiger partial charge is 0.497 e. The van der Waals surface area contributed by atoms with Crippen molar-refractivity contribution in [3.63, 3.8) is 0 Å². The first-order valence-corrected chi connectivity index (χ1v) is 13.5. The van der Waals surface area contributed by atoms with Crippen molar-refractivity contribution < 1.29 is 9.53 Å². The Morgan fingerprint density at radius 1 is 1.16 bits per heavy atom. The van der Waals surface area contributed by atoms with Gasteiger partial charge in [-0.25, -0.2) is 0 Å². The molecule has 2 aliphatic heterocycles. The molecule has 0 radical (unpaired) electrons. The summed E-state index contributed by atoms with van der Waals surface area (Å²) in [6.07, 6.45) is 2.47. The zero-order chi connectivity index (χ0) is 26.7. The number of aromatic nitrogens is 1. The second kappa shape index (κ2) is 11.5. The number of nitrogens with zero attached hydrogens (tertiary/aromatic N) is 5. The van der Waals surface area contributed by atoms with Crippen LogP contribution in [0.2, 0.25) is 0 Å². The summed E-state index contributed by atoms with van der Waals surface area (Å²) in [5.74, 6) is 1.37. The molecule has 0 spiro atoms. The number of amides is 1. The lowest BCUT2D eigenvalue weighted by atomic mass is 10.0. The van der Waals surface area contributed by atoms with Gasteiger partial charge >= 0.3 is 0 Å².